The van der Waals surface area contributed by atoms with Gasteiger partial charge in [0.15, 0.2) is 0 Å². The summed E-state index contributed by atoms with van der Waals surface area (Å²) in [6, 6.07) is 0. The Kier molecular flexibility index (Phi) is 10.1. The number of rotatable bonds is 9. The van der Waals surface area contributed by atoms with Crippen LogP contribution in [0.4, 0.5) is 0 Å². The Hall–Kier alpha value is -1.63. The van der Waals surface area contributed by atoms with Gasteiger partial charge in [-0.3, -0.25) is 14.4 Å². The fourth-order valence-corrected chi connectivity index (χ4v) is 9.91. The minimum Gasteiger partial charge on any atom is -0.462 e. The predicted molar refractivity (Wildman–Crippen MR) is 163 cm³/mol. The second-order valence-corrected chi connectivity index (χ2v) is 16.0. The van der Waals surface area contributed by atoms with E-state index in [1.807, 2.05) is 34.6 Å². The number of aliphatic hydroxyl groups is 1. The average molecular weight is 590 g/mol. The Labute approximate surface area is 254 Å². The van der Waals surface area contributed by atoms with Crippen LogP contribution in [0.2, 0.25) is 0 Å². The molecule has 0 aromatic heterocycles. The molecule has 7 nitrogen and oxygen atoms in total. The van der Waals surface area contributed by atoms with E-state index in [2.05, 4.69) is 26.1 Å². The van der Waals surface area contributed by atoms with Crippen molar-refractivity contribution in [3.05, 3.63) is 0 Å². The molecular weight excluding hydrogens is 530 g/mol. The summed E-state index contributed by atoms with van der Waals surface area (Å²) >= 11 is 0. The van der Waals surface area contributed by atoms with Crippen LogP contribution in [0.3, 0.4) is 0 Å². The second-order valence-electron chi connectivity index (χ2n) is 16.0. The number of amides is 1. The predicted octanol–water partition coefficient (Wildman–Crippen LogP) is 6.45. The first kappa shape index (κ1) is 33.3. The first-order valence-corrected chi connectivity index (χ1v) is 17.0. The van der Waals surface area contributed by atoms with Crippen molar-refractivity contribution in [3.63, 3.8) is 0 Å². The van der Waals surface area contributed by atoms with E-state index in [4.69, 9.17) is 9.47 Å². The molecule has 4 fully saturated rings. The van der Waals surface area contributed by atoms with Gasteiger partial charge in [-0.2, -0.15) is 0 Å². The highest BCUT2D eigenvalue weighted by atomic mass is 16.6. The molecule has 9 unspecified atom stereocenters. The standard InChI is InChI=1S/C35H59NO6/c1-9-21(2)32(40)41-24-14-16-34(7)23(18-24)19-28(37)31-26-12-11-25(35(26,8)17-15-27(31)34)22(3)10-13-29(38)36-20-30(39)42-33(4,5)6/h21-28,31,37H,9-20H2,1-8H3,(H,36,38)/t21?,22?,23?,24?,25?,26?,27?,28?,31?,34-,35+/m0/s1. The van der Waals surface area contributed by atoms with Gasteiger partial charge in [0.2, 0.25) is 5.91 Å². The highest BCUT2D eigenvalue weighted by Gasteiger charge is 2.63. The number of ether oxygens (including phenoxy) is 2. The van der Waals surface area contributed by atoms with Crippen LogP contribution in [0.25, 0.3) is 0 Å². The van der Waals surface area contributed by atoms with Crippen LogP contribution in [0.1, 0.15) is 126 Å². The molecule has 7 heteroatoms. The fraction of sp³-hybridized carbons (Fsp3) is 0.914. The van der Waals surface area contributed by atoms with Crippen molar-refractivity contribution in [3.8, 4) is 0 Å². The monoisotopic (exact) mass is 589 g/mol. The van der Waals surface area contributed by atoms with E-state index >= 15 is 0 Å². The quantitative estimate of drug-likeness (QED) is 0.300. The molecule has 42 heavy (non-hydrogen) atoms. The van der Waals surface area contributed by atoms with Gasteiger partial charge < -0.3 is 19.9 Å². The van der Waals surface area contributed by atoms with Gasteiger partial charge >= 0.3 is 11.9 Å². The van der Waals surface area contributed by atoms with Crippen molar-refractivity contribution in [2.24, 2.45) is 52.3 Å². The van der Waals surface area contributed by atoms with E-state index in [1.54, 1.807) is 0 Å². The molecule has 2 N–H and O–H groups in total. The van der Waals surface area contributed by atoms with Crippen LogP contribution < -0.4 is 5.32 Å². The maximum absolute atomic E-state index is 12.5. The number of carbonyl (C=O) groups excluding carboxylic acids is 3. The van der Waals surface area contributed by atoms with Crippen LogP contribution >= 0.6 is 0 Å². The third kappa shape index (κ3) is 6.86. The lowest BCUT2D eigenvalue weighted by Crippen LogP contribution is -2.58. The second kappa shape index (κ2) is 12.8. The minimum atomic E-state index is -0.560. The minimum absolute atomic E-state index is 0.0137. The van der Waals surface area contributed by atoms with Crippen LogP contribution in [-0.4, -0.2) is 47.3 Å². The Morgan fingerprint density at radius 1 is 0.976 bits per heavy atom. The van der Waals surface area contributed by atoms with Crippen LogP contribution in [0, 0.1) is 52.3 Å². The van der Waals surface area contributed by atoms with Gasteiger partial charge in [0.25, 0.3) is 0 Å². The van der Waals surface area contributed by atoms with E-state index in [-0.39, 0.29) is 47.4 Å². The Bertz CT molecular complexity index is 990. The number of hydrogen-bond donors (Lipinski definition) is 2. The number of fused-ring (bicyclic) bond motifs is 5. The maximum Gasteiger partial charge on any atom is 0.325 e. The van der Waals surface area contributed by atoms with Gasteiger partial charge in [-0.15, -0.1) is 0 Å². The molecule has 0 spiro atoms. The molecule has 1 amide bonds. The third-order valence-electron chi connectivity index (χ3n) is 12.4. The number of nitrogens with one attached hydrogen (secondary N) is 1. The van der Waals surface area contributed by atoms with Gasteiger partial charge in [-0.05, 0) is 131 Å². The Morgan fingerprint density at radius 3 is 2.31 bits per heavy atom. The molecule has 0 aromatic carbocycles. The summed E-state index contributed by atoms with van der Waals surface area (Å²) in [5, 5.41) is 14.4. The summed E-state index contributed by atoms with van der Waals surface area (Å²) in [7, 11) is 0. The summed E-state index contributed by atoms with van der Waals surface area (Å²) in [5.74, 6) is 2.08. The van der Waals surface area contributed by atoms with Crippen molar-refractivity contribution in [2.75, 3.05) is 6.54 Å². The molecule has 240 valence electrons. The highest BCUT2D eigenvalue weighted by Crippen LogP contribution is 2.68. The summed E-state index contributed by atoms with van der Waals surface area (Å²) < 4.78 is 11.2. The summed E-state index contributed by atoms with van der Waals surface area (Å²) in [4.78, 5) is 37.0. The normalized spacial score (nSPS) is 39.2. The molecule has 0 bridgehead atoms. The van der Waals surface area contributed by atoms with Crippen molar-refractivity contribution in [1.82, 2.24) is 5.32 Å². The molecule has 0 aromatic rings. The number of carbonyl (C=O) groups is 3. The molecule has 4 saturated carbocycles. The van der Waals surface area contributed by atoms with E-state index in [9.17, 15) is 19.5 Å². The van der Waals surface area contributed by atoms with Crippen molar-refractivity contribution >= 4 is 17.8 Å². The SMILES string of the molecule is CCC(C)C(=O)OC1CC[C@@]2(C)C(C1)CC(O)C1C3CCC(C(C)CCC(=O)NCC(=O)OC(C)(C)C)[C@@]3(C)CCC12. The summed E-state index contributed by atoms with van der Waals surface area (Å²) in [6.07, 6.45) is 10.1. The maximum atomic E-state index is 12.5. The van der Waals surface area contributed by atoms with E-state index in [1.165, 1.54) is 6.42 Å². The lowest BCUT2D eigenvalue weighted by Gasteiger charge is -2.62. The number of hydrogen-bond acceptors (Lipinski definition) is 6. The smallest absolute Gasteiger partial charge is 0.325 e. The van der Waals surface area contributed by atoms with Crippen molar-refractivity contribution < 1.29 is 29.0 Å². The first-order valence-electron chi connectivity index (χ1n) is 17.0. The Morgan fingerprint density at radius 2 is 1.64 bits per heavy atom. The largest absolute Gasteiger partial charge is 0.462 e. The first-order chi connectivity index (χ1) is 19.6. The zero-order valence-electron chi connectivity index (χ0n) is 27.7. The third-order valence-corrected chi connectivity index (χ3v) is 12.4. The zero-order chi connectivity index (χ0) is 31.0. The molecule has 0 saturated heterocycles. The van der Waals surface area contributed by atoms with Gasteiger partial charge in [0, 0.05) is 6.42 Å². The zero-order valence-corrected chi connectivity index (χ0v) is 27.7. The fourth-order valence-electron chi connectivity index (χ4n) is 9.91. The van der Waals surface area contributed by atoms with Crippen LogP contribution in [-0.2, 0) is 23.9 Å². The lowest BCUT2D eigenvalue weighted by atomic mass is 9.43. The molecule has 4 aliphatic carbocycles. The van der Waals surface area contributed by atoms with Gasteiger partial charge in [0.1, 0.15) is 18.2 Å². The molecule has 0 radical (unpaired) electrons. The summed E-state index contributed by atoms with van der Waals surface area (Å²) in [5.41, 5.74) is -0.184. The molecule has 4 rings (SSSR count). The molecule has 0 aliphatic heterocycles. The van der Waals surface area contributed by atoms with Gasteiger partial charge in [0.05, 0.1) is 12.0 Å². The van der Waals surface area contributed by atoms with E-state index in [0.29, 0.717) is 41.9 Å². The van der Waals surface area contributed by atoms with Gasteiger partial charge in [-0.25, -0.2) is 0 Å². The average Bonchev–Trinajstić information content (AvgIpc) is 3.27. The van der Waals surface area contributed by atoms with Crippen LogP contribution in [0.5, 0.6) is 0 Å². The van der Waals surface area contributed by atoms with Crippen molar-refractivity contribution in [2.45, 2.75) is 144 Å². The highest BCUT2D eigenvalue weighted by molar-refractivity contribution is 5.82. The number of aliphatic hydroxyl groups excluding tert-OH is 1. The lowest BCUT2D eigenvalue weighted by molar-refractivity contribution is -0.184. The van der Waals surface area contributed by atoms with Crippen molar-refractivity contribution in [1.29, 1.82) is 0 Å². The Balaban J connectivity index is 1.34. The van der Waals surface area contributed by atoms with E-state index in [0.717, 1.165) is 57.8 Å². The summed E-state index contributed by atoms with van der Waals surface area (Å²) in [6.45, 7) is 16.6. The van der Waals surface area contributed by atoms with Gasteiger partial charge in [-0.1, -0.05) is 34.6 Å². The topological polar surface area (TPSA) is 102 Å². The molecule has 11 atom stereocenters. The molecule has 4 aliphatic rings. The van der Waals surface area contributed by atoms with E-state index < -0.39 is 11.6 Å². The number of esters is 2. The van der Waals surface area contributed by atoms with Crippen LogP contribution in [0.15, 0.2) is 0 Å². The molecule has 0 heterocycles. The molecular formula is C35H59NO6.